The Labute approximate surface area is 118 Å². The van der Waals surface area contributed by atoms with E-state index in [-0.39, 0.29) is 0 Å². The molecular formula is C11H23NO6P2. The highest BCUT2D eigenvalue weighted by Crippen LogP contribution is 2.64. The van der Waals surface area contributed by atoms with Gasteiger partial charge in [0, 0.05) is 12.1 Å². The van der Waals surface area contributed by atoms with E-state index in [2.05, 4.69) is 0 Å². The van der Waals surface area contributed by atoms with Crippen LogP contribution in [0.4, 0.5) is 0 Å². The number of hydrogen-bond acceptors (Lipinski definition) is 3. The minimum atomic E-state index is -4.90. The second-order valence-corrected chi connectivity index (χ2v) is 9.70. The van der Waals surface area contributed by atoms with Crippen LogP contribution in [0.5, 0.6) is 0 Å². The van der Waals surface area contributed by atoms with Crippen molar-refractivity contribution in [2.75, 3.05) is 6.54 Å². The minimum absolute atomic E-state index is 0.348. The molecule has 1 heterocycles. The van der Waals surface area contributed by atoms with Gasteiger partial charge >= 0.3 is 15.2 Å². The van der Waals surface area contributed by atoms with Crippen LogP contribution in [0, 0.1) is 0 Å². The average molecular weight is 327 g/mol. The van der Waals surface area contributed by atoms with Crippen molar-refractivity contribution in [2.24, 2.45) is 0 Å². The number of nitrogens with zero attached hydrogens (tertiary/aromatic N) is 1. The Bertz CT molecular complexity index is 408. The second-order valence-electron chi connectivity index (χ2n) is 5.96. The third-order valence-electron chi connectivity index (χ3n) is 4.57. The van der Waals surface area contributed by atoms with E-state index in [4.69, 9.17) is 0 Å². The van der Waals surface area contributed by atoms with Crippen LogP contribution in [0.2, 0.25) is 0 Å². The zero-order valence-corrected chi connectivity index (χ0v) is 13.2. The first-order valence-corrected chi connectivity index (χ1v) is 10.4. The first-order chi connectivity index (χ1) is 9.17. The molecule has 2 fully saturated rings. The average Bonchev–Trinajstić information content (AvgIpc) is 2.30. The van der Waals surface area contributed by atoms with Gasteiger partial charge in [-0.2, -0.15) is 0 Å². The highest BCUT2D eigenvalue weighted by molar-refractivity contribution is 7.70. The van der Waals surface area contributed by atoms with Gasteiger partial charge < -0.3 is 19.6 Å². The van der Waals surface area contributed by atoms with Gasteiger partial charge in [-0.15, -0.1) is 0 Å². The molecule has 0 aromatic heterocycles. The van der Waals surface area contributed by atoms with Crippen LogP contribution in [-0.4, -0.2) is 42.1 Å². The summed E-state index contributed by atoms with van der Waals surface area (Å²) < 4.78 is 23.3. The molecule has 9 heteroatoms. The Morgan fingerprint density at radius 1 is 0.800 bits per heavy atom. The van der Waals surface area contributed by atoms with E-state index in [0.717, 1.165) is 51.4 Å². The number of hydrogen-bond donors (Lipinski definition) is 4. The molecule has 1 spiro atoms. The molecule has 0 amide bonds. The molecule has 0 radical (unpaired) electrons. The molecule has 2 aliphatic rings. The molecule has 20 heavy (non-hydrogen) atoms. The van der Waals surface area contributed by atoms with Crippen LogP contribution in [0.15, 0.2) is 0 Å². The molecule has 1 saturated heterocycles. The fourth-order valence-electron chi connectivity index (χ4n) is 3.78. The Morgan fingerprint density at radius 3 is 1.70 bits per heavy atom. The van der Waals surface area contributed by atoms with E-state index in [0.29, 0.717) is 6.54 Å². The lowest BCUT2D eigenvalue weighted by Gasteiger charge is -2.52. The lowest BCUT2D eigenvalue weighted by molar-refractivity contribution is 0.0103. The first kappa shape index (κ1) is 16.6. The minimum Gasteiger partial charge on any atom is -0.323 e. The molecule has 1 aliphatic heterocycles. The summed E-state index contributed by atoms with van der Waals surface area (Å²) in [5.41, 5.74) is -2.42. The van der Waals surface area contributed by atoms with E-state index < -0.39 is 26.3 Å². The van der Waals surface area contributed by atoms with Crippen LogP contribution in [-0.2, 0) is 9.13 Å². The molecule has 0 atom stereocenters. The summed E-state index contributed by atoms with van der Waals surface area (Å²) in [7, 11) is -9.79. The third kappa shape index (κ3) is 3.36. The van der Waals surface area contributed by atoms with E-state index >= 15 is 0 Å². The van der Waals surface area contributed by atoms with Crippen LogP contribution in [0.25, 0.3) is 0 Å². The molecular weight excluding hydrogens is 304 g/mol. The number of likely N-dealkylation sites (tertiary alicyclic amines) is 1. The molecule has 0 bridgehead atoms. The van der Waals surface area contributed by atoms with Crippen molar-refractivity contribution in [3.63, 3.8) is 0 Å². The topological polar surface area (TPSA) is 118 Å². The summed E-state index contributed by atoms with van der Waals surface area (Å²) in [4.78, 5) is 39.3. The molecule has 7 nitrogen and oxygen atoms in total. The van der Waals surface area contributed by atoms with Crippen molar-refractivity contribution < 1.29 is 28.7 Å². The Kier molecular flexibility index (Phi) is 4.83. The fourth-order valence-corrected chi connectivity index (χ4v) is 6.80. The third-order valence-corrected chi connectivity index (χ3v) is 8.13. The summed E-state index contributed by atoms with van der Waals surface area (Å²) in [6.07, 6.45) is 6.95. The van der Waals surface area contributed by atoms with Gasteiger partial charge in [0.25, 0.3) is 0 Å². The lowest BCUT2D eigenvalue weighted by atomic mass is 9.75. The zero-order valence-electron chi connectivity index (χ0n) is 11.4. The SMILES string of the molecule is O=P(O)(O)C(N1CCCCC12CCCCC2)P(=O)(O)O. The van der Waals surface area contributed by atoms with Crippen molar-refractivity contribution in [2.45, 2.75) is 62.4 Å². The summed E-state index contributed by atoms with van der Waals surface area (Å²) in [6, 6.07) is 0. The highest BCUT2D eigenvalue weighted by Gasteiger charge is 2.54. The monoisotopic (exact) mass is 327 g/mol. The van der Waals surface area contributed by atoms with Crippen LogP contribution < -0.4 is 0 Å². The van der Waals surface area contributed by atoms with E-state index in [9.17, 15) is 28.7 Å². The van der Waals surface area contributed by atoms with Crippen molar-refractivity contribution in [1.29, 1.82) is 0 Å². The fraction of sp³-hybridized carbons (Fsp3) is 1.00. The Morgan fingerprint density at radius 2 is 1.25 bits per heavy atom. The summed E-state index contributed by atoms with van der Waals surface area (Å²) in [6.45, 7) is 0.348. The van der Waals surface area contributed by atoms with Gasteiger partial charge in [0.1, 0.15) is 0 Å². The highest BCUT2D eigenvalue weighted by atomic mass is 31.2. The van der Waals surface area contributed by atoms with Crippen LogP contribution in [0.1, 0.15) is 51.4 Å². The van der Waals surface area contributed by atoms with Gasteiger partial charge in [0.2, 0.25) is 5.52 Å². The predicted octanol–water partition coefficient (Wildman–Crippen LogP) is 1.81. The summed E-state index contributed by atoms with van der Waals surface area (Å²) in [5.74, 6) is 0. The normalized spacial score (nSPS) is 25.2. The van der Waals surface area contributed by atoms with Gasteiger partial charge in [0.05, 0.1) is 0 Å². The predicted molar refractivity (Wildman–Crippen MR) is 74.2 cm³/mol. The largest absolute Gasteiger partial charge is 0.355 e. The quantitative estimate of drug-likeness (QED) is 0.584. The smallest absolute Gasteiger partial charge is 0.323 e. The van der Waals surface area contributed by atoms with Gasteiger partial charge in [-0.1, -0.05) is 25.7 Å². The van der Waals surface area contributed by atoms with E-state index in [1.54, 1.807) is 0 Å². The maximum Gasteiger partial charge on any atom is 0.355 e. The standard InChI is InChI=1S/C11H23NO6P2/c13-19(14,15)10(20(16,17)18)12-9-5-4-8-11(12)6-2-1-3-7-11/h10H,1-9H2,(H2,13,14,15)(H2,16,17,18). The van der Waals surface area contributed by atoms with Crippen molar-refractivity contribution in [1.82, 2.24) is 4.90 Å². The van der Waals surface area contributed by atoms with Gasteiger partial charge in [-0.25, -0.2) is 0 Å². The van der Waals surface area contributed by atoms with Gasteiger partial charge in [-0.3, -0.25) is 14.0 Å². The molecule has 118 valence electrons. The first-order valence-electron chi connectivity index (χ1n) is 7.04. The van der Waals surface area contributed by atoms with Crippen molar-refractivity contribution in [3.05, 3.63) is 0 Å². The number of piperidine rings is 1. The number of rotatable bonds is 3. The molecule has 2 rings (SSSR count). The van der Waals surface area contributed by atoms with Crippen LogP contribution >= 0.6 is 15.2 Å². The molecule has 4 N–H and O–H groups in total. The molecule has 0 unspecified atom stereocenters. The zero-order chi connectivity index (χ0) is 15.0. The summed E-state index contributed by atoms with van der Waals surface area (Å²) in [5, 5.41) is 0. The maximum absolute atomic E-state index is 11.7. The van der Waals surface area contributed by atoms with E-state index in [1.807, 2.05) is 0 Å². The molecule has 1 saturated carbocycles. The van der Waals surface area contributed by atoms with Gasteiger partial charge in [0.15, 0.2) is 0 Å². The van der Waals surface area contributed by atoms with Crippen molar-refractivity contribution in [3.8, 4) is 0 Å². The van der Waals surface area contributed by atoms with Crippen LogP contribution in [0.3, 0.4) is 0 Å². The van der Waals surface area contributed by atoms with Gasteiger partial charge in [-0.05, 0) is 25.7 Å². The Hall–Kier alpha value is 0.260. The van der Waals surface area contributed by atoms with E-state index in [1.165, 1.54) is 4.90 Å². The molecule has 0 aromatic carbocycles. The molecule has 1 aliphatic carbocycles. The second kappa shape index (κ2) is 5.81. The Balaban J connectivity index is 2.39. The van der Waals surface area contributed by atoms with Crippen molar-refractivity contribution >= 4 is 15.2 Å². The lowest BCUT2D eigenvalue weighted by Crippen LogP contribution is -2.56. The maximum atomic E-state index is 11.7. The summed E-state index contributed by atoms with van der Waals surface area (Å²) >= 11 is 0. The molecule has 0 aromatic rings.